The third-order valence-electron chi connectivity index (χ3n) is 3.71. The standard InChI is InChI=1S/C13H18F3N3/c1-12(2)8-19(6-4-10(12)17)11-7-9(3-5-18-11)13(14,15)16/h3,5,7,10H,4,6,8,17H2,1-2H3. The smallest absolute Gasteiger partial charge is 0.356 e. The molecule has 0 spiro atoms. The molecule has 19 heavy (non-hydrogen) atoms. The summed E-state index contributed by atoms with van der Waals surface area (Å²) < 4.78 is 38.0. The Kier molecular flexibility index (Phi) is 3.47. The predicted octanol–water partition coefficient (Wildman–Crippen LogP) is 2.66. The van der Waals surface area contributed by atoms with Crippen molar-refractivity contribution < 1.29 is 13.2 Å². The Balaban J connectivity index is 2.24. The quantitative estimate of drug-likeness (QED) is 0.855. The maximum atomic E-state index is 12.7. The molecule has 1 atom stereocenters. The first kappa shape index (κ1) is 14.1. The molecule has 2 N–H and O–H groups in total. The van der Waals surface area contributed by atoms with Gasteiger partial charge in [-0.15, -0.1) is 0 Å². The van der Waals surface area contributed by atoms with Gasteiger partial charge in [0.15, 0.2) is 0 Å². The van der Waals surface area contributed by atoms with Crippen LogP contribution in [0.2, 0.25) is 0 Å². The lowest BCUT2D eigenvalue weighted by Gasteiger charge is -2.43. The molecule has 0 aromatic carbocycles. The van der Waals surface area contributed by atoms with Gasteiger partial charge in [0.25, 0.3) is 0 Å². The third-order valence-corrected chi connectivity index (χ3v) is 3.71. The molecule has 1 unspecified atom stereocenters. The summed E-state index contributed by atoms with van der Waals surface area (Å²) >= 11 is 0. The fraction of sp³-hybridized carbons (Fsp3) is 0.615. The molecule has 0 radical (unpaired) electrons. The molecule has 0 amide bonds. The molecule has 106 valence electrons. The van der Waals surface area contributed by atoms with Crippen LogP contribution in [0.1, 0.15) is 25.8 Å². The number of piperidine rings is 1. The number of aromatic nitrogens is 1. The molecule has 3 nitrogen and oxygen atoms in total. The molecule has 1 aliphatic rings. The van der Waals surface area contributed by atoms with Crippen molar-refractivity contribution in [1.29, 1.82) is 0 Å². The van der Waals surface area contributed by atoms with Crippen molar-refractivity contribution in [3.8, 4) is 0 Å². The van der Waals surface area contributed by atoms with Crippen LogP contribution in [0.25, 0.3) is 0 Å². The summed E-state index contributed by atoms with van der Waals surface area (Å²) in [5, 5.41) is 0. The first-order chi connectivity index (χ1) is 8.70. The van der Waals surface area contributed by atoms with Crippen LogP contribution in [0.5, 0.6) is 0 Å². The van der Waals surface area contributed by atoms with E-state index in [2.05, 4.69) is 4.98 Å². The molecular weight excluding hydrogens is 255 g/mol. The van der Waals surface area contributed by atoms with Gasteiger partial charge in [-0.3, -0.25) is 0 Å². The predicted molar refractivity (Wildman–Crippen MR) is 67.8 cm³/mol. The summed E-state index contributed by atoms with van der Waals surface area (Å²) in [6.07, 6.45) is -2.37. The van der Waals surface area contributed by atoms with E-state index in [0.29, 0.717) is 18.9 Å². The van der Waals surface area contributed by atoms with Gasteiger partial charge in [0.2, 0.25) is 0 Å². The van der Waals surface area contributed by atoms with Gasteiger partial charge >= 0.3 is 6.18 Å². The minimum atomic E-state index is -4.33. The normalized spacial score (nSPS) is 23.5. The largest absolute Gasteiger partial charge is 0.416 e. The molecule has 0 bridgehead atoms. The van der Waals surface area contributed by atoms with Crippen molar-refractivity contribution >= 4 is 5.82 Å². The van der Waals surface area contributed by atoms with Crippen LogP contribution in [0.15, 0.2) is 18.3 Å². The van der Waals surface area contributed by atoms with Crippen molar-refractivity contribution in [1.82, 2.24) is 4.98 Å². The average molecular weight is 273 g/mol. The first-order valence-corrected chi connectivity index (χ1v) is 6.24. The van der Waals surface area contributed by atoms with Crippen molar-refractivity contribution in [2.45, 2.75) is 32.5 Å². The third kappa shape index (κ3) is 3.00. The van der Waals surface area contributed by atoms with Gasteiger partial charge in [-0.05, 0) is 24.0 Å². The number of rotatable bonds is 1. The van der Waals surface area contributed by atoms with Gasteiger partial charge < -0.3 is 10.6 Å². The molecule has 1 saturated heterocycles. The topological polar surface area (TPSA) is 42.2 Å². The van der Waals surface area contributed by atoms with Crippen molar-refractivity contribution in [3.05, 3.63) is 23.9 Å². The molecule has 2 rings (SSSR count). The van der Waals surface area contributed by atoms with Crippen LogP contribution in [0.4, 0.5) is 19.0 Å². The van der Waals surface area contributed by atoms with E-state index in [9.17, 15) is 13.2 Å². The Morgan fingerprint density at radius 2 is 2.11 bits per heavy atom. The maximum Gasteiger partial charge on any atom is 0.416 e. The highest BCUT2D eigenvalue weighted by molar-refractivity contribution is 5.43. The molecule has 1 fully saturated rings. The molecule has 0 aliphatic carbocycles. The van der Waals surface area contributed by atoms with Crippen LogP contribution in [-0.4, -0.2) is 24.1 Å². The number of hydrogen-bond donors (Lipinski definition) is 1. The fourth-order valence-corrected chi connectivity index (χ4v) is 2.34. The maximum absolute atomic E-state index is 12.7. The number of hydrogen-bond acceptors (Lipinski definition) is 3. The average Bonchev–Trinajstić information content (AvgIpc) is 2.32. The Morgan fingerprint density at radius 1 is 1.42 bits per heavy atom. The van der Waals surface area contributed by atoms with Gasteiger partial charge in [0, 0.05) is 25.3 Å². The molecule has 2 heterocycles. The lowest BCUT2D eigenvalue weighted by molar-refractivity contribution is -0.137. The lowest BCUT2D eigenvalue weighted by Crippen LogP contribution is -2.52. The van der Waals surface area contributed by atoms with E-state index in [0.717, 1.165) is 18.6 Å². The second kappa shape index (κ2) is 4.67. The van der Waals surface area contributed by atoms with Gasteiger partial charge in [0.1, 0.15) is 5.82 Å². The zero-order valence-electron chi connectivity index (χ0n) is 11.0. The Labute approximate surface area is 110 Å². The van der Waals surface area contributed by atoms with E-state index in [1.165, 1.54) is 6.20 Å². The summed E-state index contributed by atoms with van der Waals surface area (Å²) in [4.78, 5) is 5.93. The number of anilines is 1. The highest BCUT2D eigenvalue weighted by Gasteiger charge is 2.35. The van der Waals surface area contributed by atoms with E-state index in [4.69, 9.17) is 5.73 Å². The number of alkyl halides is 3. The van der Waals surface area contributed by atoms with Crippen LogP contribution in [0, 0.1) is 5.41 Å². The molecule has 6 heteroatoms. The monoisotopic (exact) mass is 273 g/mol. The molecular formula is C13H18F3N3. The Hall–Kier alpha value is -1.30. The number of halogens is 3. The van der Waals surface area contributed by atoms with E-state index < -0.39 is 11.7 Å². The summed E-state index contributed by atoms with van der Waals surface area (Å²) in [7, 11) is 0. The summed E-state index contributed by atoms with van der Waals surface area (Å²) in [5.74, 6) is 0.370. The van der Waals surface area contributed by atoms with Gasteiger partial charge in [-0.1, -0.05) is 13.8 Å². The van der Waals surface area contributed by atoms with Crippen molar-refractivity contribution in [2.24, 2.45) is 11.1 Å². The minimum Gasteiger partial charge on any atom is -0.356 e. The van der Waals surface area contributed by atoms with Crippen LogP contribution in [-0.2, 0) is 6.18 Å². The SMILES string of the molecule is CC1(C)CN(c2cc(C(F)(F)F)ccn2)CCC1N. The zero-order chi connectivity index (χ0) is 14.3. The summed E-state index contributed by atoms with van der Waals surface area (Å²) in [5.41, 5.74) is 5.23. The summed E-state index contributed by atoms with van der Waals surface area (Å²) in [6.45, 7) is 5.30. The Bertz CT molecular complexity index is 457. The van der Waals surface area contributed by atoms with E-state index in [1.54, 1.807) is 0 Å². The minimum absolute atomic E-state index is 0.0644. The van der Waals surface area contributed by atoms with Gasteiger partial charge in [0.05, 0.1) is 5.56 Å². The van der Waals surface area contributed by atoms with Crippen LogP contribution >= 0.6 is 0 Å². The highest BCUT2D eigenvalue weighted by atomic mass is 19.4. The van der Waals surface area contributed by atoms with Gasteiger partial charge in [-0.25, -0.2) is 4.98 Å². The second-order valence-electron chi connectivity index (χ2n) is 5.71. The Morgan fingerprint density at radius 3 is 2.68 bits per heavy atom. The fourth-order valence-electron chi connectivity index (χ4n) is 2.34. The number of nitrogens with two attached hydrogens (primary N) is 1. The second-order valence-corrected chi connectivity index (χ2v) is 5.71. The number of nitrogens with zero attached hydrogens (tertiary/aromatic N) is 2. The molecule has 0 saturated carbocycles. The van der Waals surface area contributed by atoms with Crippen molar-refractivity contribution in [2.75, 3.05) is 18.0 Å². The lowest BCUT2D eigenvalue weighted by atomic mass is 9.80. The van der Waals surface area contributed by atoms with Gasteiger partial charge in [-0.2, -0.15) is 13.2 Å². The van der Waals surface area contributed by atoms with E-state index in [-0.39, 0.29) is 11.5 Å². The molecule has 1 aromatic rings. The van der Waals surface area contributed by atoms with Crippen molar-refractivity contribution in [3.63, 3.8) is 0 Å². The van der Waals surface area contributed by atoms with E-state index in [1.807, 2.05) is 18.7 Å². The molecule has 1 aromatic heterocycles. The summed E-state index contributed by atoms with van der Waals surface area (Å²) in [6, 6.07) is 2.16. The highest BCUT2D eigenvalue weighted by Crippen LogP contribution is 2.33. The van der Waals surface area contributed by atoms with Crippen LogP contribution < -0.4 is 10.6 Å². The van der Waals surface area contributed by atoms with E-state index >= 15 is 0 Å². The molecule has 1 aliphatic heterocycles. The number of pyridine rings is 1. The zero-order valence-corrected chi connectivity index (χ0v) is 11.0. The first-order valence-electron chi connectivity index (χ1n) is 6.24. The van der Waals surface area contributed by atoms with Crippen LogP contribution in [0.3, 0.4) is 0 Å².